The zero-order chi connectivity index (χ0) is 14.4. The van der Waals surface area contributed by atoms with Crippen molar-refractivity contribution in [1.82, 2.24) is 0 Å². The molecule has 2 atom stereocenters. The Morgan fingerprint density at radius 3 is 1.46 bits per heavy atom. The van der Waals surface area contributed by atoms with Crippen molar-refractivity contribution in [3.05, 3.63) is 82.9 Å². The van der Waals surface area contributed by atoms with Crippen molar-refractivity contribution < 1.29 is 50.7 Å². The molecule has 0 heterocycles. The van der Waals surface area contributed by atoms with Crippen LogP contribution in [0, 0.1) is 0 Å². The summed E-state index contributed by atoms with van der Waals surface area (Å²) in [5, 5.41) is 0. The summed E-state index contributed by atoms with van der Waals surface area (Å²) in [6.45, 7) is 5.09. The molecule has 2 aromatic rings. The monoisotopic (exact) mass is 538 g/mol. The fourth-order valence-electron chi connectivity index (χ4n) is 3.99. The van der Waals surface area contributed by atoms with E-state index in [9.17, 15) is 0 Å². The average Bonchev–Trinajstić information content (AvgIpc) is 3.12. The van der Waals surface area contributed by atoms with Crippen molar-refractivity contribution in [1.29, 1.82) is 0 Å². The molecular formula is C20H20Cl2HfSi. The van der Waals surface area contributed by atoms with Crippen molar-refractivity contribution in [3.63, 3.8) is 0 Å². The van der Waals surface area contributed by atoms with Crippen LogP contribution in [0.4, 0.5) is 0 Å². The zero-order valence-electron chi connectivity index (χ0n) is 13.8. The number of hydrogen-bond donors (Lipinski definition) is 0. The molecule has 0 saturated carbocycles. The maximum Gasteiger partial charge on any atom is 2.00 e. The third kappa shape index (κ3) is 3.44. The van der Waals surface area contributed by atoms with Crippen LogP contribution in [-0.4, -0.2) is 8.07 Å². The van der Waals surface area contributed by atoms with Gasteiger partial charge >= 0.3 is 25.8 Å². The molecule has 0 aromatic heterocycles. The summed E-state index contributed by atoms with van der Waals surface area (Å²) in [7, 11) is -1.51. The molecule has 0 saturated heterocycles. The summed E-state index contributed by atoms with van der Waals surface area (Å²) in [6.07, 6.45) is 9.54. The Kier molecular flexibility index (Phi) is 7.49. The van der Waals surface area contributed by atoms with Crippen molar-refractivity contribution in [2.45, 2.75) is 24.2 Å². The van der Waals surface area contributed by atoms with Gasteiger partial charge in [-0.05, 0) is 33.3 Å². The van der Waals surface area contributed by atoms with Crippen molar-refractivity contribution in [2.75, 3.05) is 0 Å². The van der Waals surface area contributed by atoms with E-state index in [1.54, 1.807) is 0 Å². The largest absolute Gasteiger partial charge is 2.00 e. The van der Waals surface area contributed by atoms with E-state index in [1.807, 2.05) is 0 Å². The second kappa shape index (κ2) is 8.31. The Morgan fingerprint density at radius 2 is 1.04 bits per heavy atom. The molecule has 0 bridgehead atoms. The van der Waals surface area contributed by atoms with Gasteiger partial charge in [0, 0.05) is 0 Å². The number of fused-ring (bicyclic) bond motifs is 2. The number of halogens is 2. The maximum absolute atomic E-state index is 2.54. The van der Waals surface area contributed by atoms with Crippen LogP contribution in [0.1, 0.15) is 33.3 Å². The summed E-state index contributed by atoms with van der Waals surface area (Å²) < 4.78 is 0. The number of rotatable bonds is 2. The van der Waals surface area contributed by atoms with E-state index in [0.717, 1.165) is 0 Å². The molecule has 0 spiro atoms. The molecule has 0 aliphatic heterocycles. The molecule has 4 rings (SSSR count). The van der Waals surface area contributed by atoms with E-state index < -0.39 is 8.07 Å². The number of hydrogen-bond acceptors (Lipinski definition) is 0. The van der Waals surface area contributed by atoms with Crippen molar-refractivity contribution in [2.24, 2.45) is 0 Å². The summed E-state index contributed by atoms with van der Waals surface area (Å²) >= 11 is 0. The molecule has 24 heavy (non-hydrogen) atoms. The smallest absolute Gasteiger partial charge is 1.00 e. The first-order chi connectivity index (χ1) is 10.2. The van der Waals surface area contributed by atoms with Crippen LogP contribution >= 0.6 is 0 Å². The van der Waals surface area contributed by atoms with E-state index in [-0.39, 0.29) is 50.7 Å². The maximum atomic E-state index is 2.54. The van der Waals surface area contributed by atoms with Gasteiger partial charge in [0.05, 0.1) is 8.07 Å². The molecule has 2 aliphatic rings. The summed E-state index contributed by atoms with van der Waals surface area (Å²) in [6, 6.07) is 17.8. The minimum absolute atomic E-state index is 0. The van der Waals surface area contributed by atoms with Gasteiger partial charge in [0.25, 0.3) is 0 Å². The normalized spacial score (nSPS) is 19.6. The quantitative estimate of drug-likeness (QED) is 0.449. The average molecular weight is 538 g/mol. The molecule has 0 N–H and O–H groups in total. The zero-order valence-corrected chi connectivity index (χ0v) is 19.9. The van der Waals surface area contributed by atoms with Gasteiger partial charge in [0.1, 0.15) is 0 Å². The molecule has 0 amide bonds. The van der Waals surface area contributed by atoms with E-state index in [4.69, 9.17) is 0 Å². The first-order valence-electron chi connectivity index (χ1n) is 7.72. The molecule has 0 radical (unpaired) electrons. The second-order valence-electron chi connectivity index (χ2n) is 6.75. The van der Waals surface area contributed by atoms with Gasteiger partial charge in [0.15, 0.2) is 0 Å². The standard InChI is InChI=1S/C20H20Si.2ClH.Hf/c1-21(2,19-13-11-15-7-3-5-9-17(15)19)20-14-12-16-8-4-6-10-18(16)20;;;/h3-14,19-20H,1-2H3;2*1H;/q;;;+2/p-2. The topological polar surface area (TPSA) is 0 Å². The SMILES string of the molecule is C[Si](C)(C1C=Cc2ccccc21)C1C=Cc2ccccc21.[Cl-].[Cl-].[Hf+2]. The van der Waals surface area contributed by atoms with Gasteiger partial charge in [0.2, 0.25) is 0 Å². The van der Waals surface area contributed by atoms with Crippen molar-refractivity contribution >= 4 is 20.2 Å². The van der Waals surface area contributed by atoms with Crippen LogP contribution in [-0.2, 0) is 25.8 Å². The first kappa shape index (κ1) is 21.6. The predicted molar refractivity (Wildman–Crippen MR) is 93.9 cm³/mol. The Morgan fingerprint density at radius 1 is 0.667 bits per heavy atom. The van der Waals surface area contributed by atoms with E-state index >= 15 is 0 Å². The Bertz CT molecular complexity index is 704. The molecule has 2 aliphatic carbocycles. The molecule has 2 aromatic carbocycles. The van der Waals surface area contributed by atoms with Crippen LogP contribution in [0.2, 0.25) is 13.1 Å². The van der Waals surface area contributed by atoms with Gasteiger partial charge in [-0.3, -0.25) is 0 Å². The summed E-state index contributed by atoms with van der Waals surface area (Å²) in [5.41, 5.74) is 7.14. The molecule has 4 heteroatoms. The molecule has 122 valence electrons. The Labute approximate surface area is 177 Å². The minimum atomic E-state index is -1.51. The Balaban J connectivity index is 0.000000960. The molecule has 0 nitrogen and oxygen atoms in total. The van der Waals surface area contributed by atoms with Gasteiger partial charge in [-0.1, -0.05) is 85.9 Å². The van der Waals surface area contributed by atoms with Crippen LogP contribution in [0.3, 0.4) is 0 Å². The third-order valence-corrected chi connectivity index (χ3v) is 9.41. The van der Waals surface area contributed by atoms with Gasteiger partial charge in [-0.25, -0.2) is 0 Å². The van der Waals surface area contributed by atoms with E-state index in [0.29, 0.717) is 11.1 Å². The minimum Gasteiger partial charge on any atom is -1.00 e. The predicted octanol–water partition coefficient (Wildman–Crippen LogP) is -0.600. The van der Waals surface area contributed by atoms with Gasteiger partial charge in [-0.15, -0.1) is 0 Å². The number of allylic oxidation sites excluding steroid dienone is 2. The Hall–Kier alpha value is -0.413. The van der Waals surface area contributed by atoms with E-state index in [1.165, 1.54) is 22.3 Å². The molecule has 2 unspecified atom stereocenters. The van der Waals surface area contributed by atoms with Gasteiger partial charge in [-0.2, -0.15) is 0 Å². The summed E-state index contributed by atoms with van der Waals surface area (Å²) in [5.74, 6) is 0. The van der Waals surface area contributed by atoms with Crippen LogP contribution in [0.5, 0.6) is 0 Å². The fourth-order valence-corrected chi connectivity index (χ4v) is 7.69. The van der Waals surface area contributed by atoms with Crippen LogP contribution in [0.15, 0.2) is 60.7 Å². The fraction of sp³-hybridized carbons (Fsp3) is 0.200. The third-order valence-electron chi connectivity index (χ3n) is 5.20. The van der Waals surface area contributed by atoms with Gasteiger partial charge < -0.3 is 24.8 Å². The first-order valence-corrected chi connectivity index (χ1v) is 10.9. The van der Waals surface area contributed by atoms with Crippen LogP contribution in [0.25, 0.3) is 12.2 Å². The van der Waals surface area contributed by atoms with Crippen molar-refractivity contribution in [3.8, 4) is 0 Å². The second-order valence-corrected chi connectivity index (χ2v) is 11.6. The van der Waals surface area contributed by atoms with Crippen LogP contribution < -0.4 is 24.8 Å². The molecular weight excluding hydrogens is 518 g/mol. The van der Waals surface area contributed by atoms with E-state index in [2.05, 4.69) is 85.9 Å². The molecule has 0 fully saturated rings. The summed E-state index contributed by atoms with van der Waals surface area (Å²) in [4.78, 5) is 0. The number of benzene rings is 2.